The SMILES string of the molecule is O=C1CC(C(=O)Nc2nc3ccc(-c4c(F)ccc(F)c4F)cn3n2)C1. The van der Waals surface area contributed by atoms with E-state index in [1.54, 1.807) is 0 Å². The fraction of sp³-hybridized carbons (Fsp3) is 0.176. The maximum Gasteiger partial charge on any atom is 0.249 e. The highest BCUT2D eigenvalue weighted by molar-refractivity contribution is 6.01. The Morgan fingerprint density at radius 3 is 2.58 bits per heavy atom. The van der Waals surface area contributed by atoms with Gasteiger partial charge in [-0.05, 0) is 24.3 Å². The second-order valence-corrected chi connectivity index (χ2v) is 6.01. The van der Waals surface area contributed by atoms with E-state index in [9.17, 15) is 22.8 Å². The van der Waals surface area contributed by atoms with Gasteiger partial charge in [0.05, 0.1) is 11.5 Å². The summed E-state index contributed by atoms with van der Waals surface area (Å²) in [6.07, 6.45) is 1.68. The van der Waals surface area contributed by atoms with Crippen molar-refractivity contribution in [3.05, 3.63) is 47.9 Å². The third kappa shape index (κ3) is 2.71. The van der Waals surface area contributed by atoms with Crippen LogP contribution >= 0.6 is 0 Å². The number of benzene rings is 1. The van der Waals surface area contributed by atoms with Crippen molar-refractivity contribution in [3.63, 3.8) is 0 Å². The van der Waals surface area contributed by atoms with Gasteiger partial charge in [0, 0.05) is 24.6 Å². The lowest BCUT2D eigenvalue weighted by Gasteiger charge is -2.21. The number of aromatic nitrogens is 3. The Kier molecular flexibility index (Phi) is 3.71. The molecule has 2 aromatic heterocycles. The summed E-state index contributed by atoms with van der Waals surface area (Å²) in [7, 11) is 0. The summed E-state index contributed by atoms with van der Waals surface area (Å²) in [5, 5.41) is 6.53. The number of hydrogen-bond donors (Lipinski definition) is 1. The Bertz CT molecular complexity index is 1060. The first-order valence-electron chi connectivity index (χ1n) is 7.75. The van der Waals surface area contributed by atoms with Crippen LogP contribution in [-0.4, -0.2) is 26.3 Å². The molecule has 1 aromatic carbocycles. The van der Waals surface area contributed by atoms with E-state index in [0.717, 1.165) is 6.07 Å². The molecule has 2 heterocycles. The van der Waals surface area contributed by atoms with Gasteiger partial charge >= 0.3 is 0 Å². The van der Waals surface area contributed by atoms with Crippen LogP contribution in [-0.2, 0) is 9.59 Å². The van der Waals surface area contributed by atoms with E-state index in [-0.39, 0.29) is 42.0 Å². The second-order valence-electron chi connectivity index (χ2n) is 6.01. The topological polar surface area (TPSA) is 76.4 Å². The Morgan fingerprint density at radius 2 is 1.85 bits per heavy atom. The van der Waals surface area contributed by atoms with Gasteiger partial charge < -0.3 is 0 Å². The highest BCUT2D eigenvalue weighted by Crippen LogP contribution is 2.28. The number of Topliss-reactive ketones (excluding diaryl/α,β-unsaturated/α-hetero) is 1. The fourth-order valence-electron chi connectivity index (χ4n) is 2.76. The van der Waals surface area contributed by atoms with E-state index in [0.29, 0.717) is 11.7 Å². The van der Waals surface area contributed by atoms with Crippen molar-refractivity contribution in [3.8, 4) is 11.1 Å². The van der Waals surface area contributed by atoms with Gasteiger partial charge in [-0.2, -0.15) is 4.98 Å². The van der Waals surface area contributed by atoms with Gasteiger partial charge in [-0.3, -0.25) is 14.9 Å². The third-order valence-corrected chi connectivity index (χ3v) is 4.22. The molecule has 0 bridgehead atoms. The van der Waals surface area contributed by atoms with Crippen LogP contribution in [0.3, 0.4) is 0 Å². The van der Waals surface area contributed by atoms with Crippen molar-refractivity contribution in [2.24, 2.45) is 5.92 Å². The number of carbonyl (C=O) groups is 2. The molecule has 0 aliphatic heterocycles. The van der Waals surface area contributed by atoms with Crippen LogP contribution in [0.1, 0.15) is 12.8 Å². The predicted molar refractivity (Wildman–Crippen MR) is 84.7 cm³/mol. The van der Waals surface area contributed by atoms with Crippen LogP contribution in [0.4, 0.5) is 19.1 Å². The molecule has 1 saturated carbocycles. The number of halogens is 3. The highest BCUT2D eigenvalue weighted by Gasteiger charge is 2.33. The molecule has 1 fully saturated rings. The zero-order valence-electron chi connectivity index (χ0n) is 13.2. The molecule has 3 aromatic rings. The van der Waals surface area contributed by atoms with Gasteiger partial charge in [0.1, 0.15) is 11.6 Å². The molecule has 132 valence electrons. The quantitative estimate of drug-likeness (QED) is 0.729. The number of rotatable bonds is 3. The van der Waals surface area contributed by atoms with Crippen LogP contribution < -0.4 is 5.32 Å². The molecular formula is C17H11F3N4O2. The maximum atomic E-state index is 13.9. The Morgan fingerprint density at radius 1 is 1.12 bits per heavy atom. The molecule has 1 aliphatic carbocycles. The van der Waals surface area contributed by atoms with Crippen molar-refractivity contribution in [1.82, 2.24) is 14.6 Å². The fourth-order valence-corrected chi connectivity index (χ4v) is 2.76. The van der Waals surface area contributed by atoms with Crippen molar-refractivity contribution in [2.45, 2.75) is 12.8 Å². The molecule has 26 heavy (non-hydrogen) atoms. The molecule has 0 atom stereocenters. The number of fused-ring (bicyclic) bond motifs is 1. The summed E-state index contributed by atoms with van der Waals surface area (Å²) in [4.78, 5) is 27.0. The molecule has 1 aliphatic rings. The minimum absolute atomic E-state index is 0.00619. The lowest BCUT2D eigenvalue weighted by Crippen LogP contribution is -2.34. The number of hydrogen-bond acceptors (Lipinski definition) is 4. The minimum Gasteiger partial charge on any atom is -0.300 e. The Labute approximate surface area is 144 Å². The molecule has 0 unspecified atom stereocenters. The summed E-state index contributed by atoms with van der Waals surface area (Å²) in [6.45, 7) is 0. The van der Waals surface area contributed by atoms with E-state index in [4.69, 9.17) is 0 Å². The molecule has 0 saturated heterocycles. The summed E-state index contributed by atoms with van der Waals surface area (Å²) < 4.78 is 42.5. The van der Waals surface area contributed by atoms with E-state index >= 15 is 0 Å². The van der Waals surface area contributed by atoms with Crippen LogP contribution in [0.15, 0.2) is 30.5 Å². The number of nitrogens with one attached hydrogen (secondary N) is 1. The van der Waals surface area contributed by atoms with E-state index < -0.39 is 23.0 Å². The lowest BCUT2D eigenvalue weighted by molar-refractivity contribution is -0.135. The number of anilines is 1. The number of ketones is 1. The summed E-state index contributed by atoms with van der Waals surface area (Å²) in [5.74, 6) is -4.09. The average Bonchev–Trinajstić information content (AvgIpc) is 2.97. The van der Waals surface area contributed by atoms with Gasteiger partial charge in [-0.25, -0.2) is 17.7 Å². The van der Waals surface area contributed by atoms with Crippen molar-refractivity contribution < 1.29 is 22.8 Å². The first-order valence-corrected chi connectivity index (χ1v) is 7.75. The summed E-state index contributed by atoms with van der Waals surface area (Å²) >= 11 is 0. The zero-order chi connectivity index (χ0) is 18.4. The molecule has 6 nitrogen and oxygen atoms in total. The maximum absolute atomic E-state index is 13.9. The van der Waals surface area contributed by atoms with Crippen molar-refractivity contribution >= 4 is 23.3 Å². The second kappa shape index (κ2) is 5.94. The standard InChI is InChI=1S/C17H11F3N4O2/c18-11-2-3-12(19)15(20)14(11)8-1-4-13-21-17(23-24(13)7-8)22-16(26)9-5-10(25)6-9/h1-4,7,9H,5-6H2,(H,22,23,26). The number of carbonyl (C=O) groups excluding carboxylic acids is 2. The minimum atomic E-state index is -1.30. The molecule has 4 rings (SSSR count). The predicted octanol–water partition coefficient (Wildman–Crippen LogP) is 2.73. The number of amides is 1. The summed E-state index contributed by atoms with van der Waals surface area (Å²) in [6, 6.07) is 4.36. The highest BCUT2D eigenvalue weighted by atomic mass is 19.2. The summed E-state index contributed by atoms with van der Waals surface area (Å²) in [5.41, 5.74) is -0.119. The molecule has 0 radical (unpaired) electrons. The van der Waals surface area contributed by atoms with Crippen molar-refractivity contribution in [2.75, 3.05) is 5.32 Å². The van der Waals surface area contributed by atoms with E-state index in [2.05, 4.69) is 15.4 Å². The first kappa shape index (κ1) is 16.2. The van der Waals surface area contributed by atoms with Crippen LogP contribution in [0.5, 0.6) is 0 Å². The smallest absolute Gasteiger partial charge is 0.249 e. The molecule has 1 N–H and O–H groups in total. The number of nitrogens with zero attached hydrogens (tertiary/aromatic N) is 3. The Hall–Kier alpha value is -3.23. The monoisotopic (exact) mass is 360 g/mol. The molecule has 9 heteroatoms. The van der Waals surface area contributed by atoms with Gasteiger partial charge in [-0.15, -0.1) is 5.10 Å². The first-order chi connectivity index (χ1) is 12.4. The molecule has 1 amide bonds. The van der Waals surface area contributed by atoms with Gasteiger partial charge in [0.2, 0.25) is 11.9 Å². The molecule has 0 spiro atoms. The largest absolute Gasteiger partial charge is 0.300 e. The van der Waals surface area contributed by atoms with Gasteiger partial charge in [0.25, 0.3) is 0 Å². The van der Waals surface area contributed by atoms with E-state index in [1.165, 1.54) is 22.8 Å². The van der Waals surface area contributed by atoms with Crippen LogP contribution in [0.2, 0.25) is 0 Å². The van der Waals surface area contributed by atoms with Gasteiger partial charge in [-0.1, -0.05) is 0 Å². The normalized spacial score (nSPS) is 14.5. The Balaban J connectivity index is 1.65. The van der Waals surface area contributed by atoms with Gasteiger partial charge in [0.15, 0.2) is 17.3 Å². The lowest BCUT2D eigenvalue weighted by atomic mass is 9.83. The zero-order valence-corrected chi connectivity index (χ0v) is 13.2. The van der Waals surface area contributed by atoms with Crippen molar-refractivity contribution in [1.29, 1.82) is 0 Å². The molecular weight excluding hydrogens is 349 g/mol. The average molecular weight is 360 g/mol. The third-order valence-electron chi connectivity index (χ3n) is 4.22. The number of pyridine rings is 1. The van der Waals surface area contributed by atoms with Crippen LogP contribution in [0, 0.1) is 23.4 Å². The van der Waals surface area contributed by atoms with Crippen LogP contribution in [0.25, 0.3) is 16.8 Å². The van der Waals surface area contributed by atoms with E-state index in [1.807, 2.05) is 0 Å².